The number of rotatable bonds is 5. The summed E-state index contributed by atoms with van der Waals surface area (Å²) in [7, 11) is 2.00. The van der Waals surface area contributed by atoms with Crippen LogP contribution < -0.4 is 5.32 Å². The topological polar surface area (TPSA) is 49.4 Å². The zero-order valence-electron chi connectivity index (χ0n) is 14.8. The number of hydrogen-bond donors (Lipinski definition) is 1. The molecule has 0 radical (unpaired) electrons. The van der Waals surface area contributed by atoms with Crippen molar-refractivity contribution in [1.29, 1.82) is 0 Å². The number of ketones is 1. The quantitative estimate of drug-likeness (QED) is 0.844. The molecule has 4 heteroatoms. The first kappa shape index (κ1) is 17.4. The van der Waals surface area contributed by atoms with Crippen molar-refractivity contribution in [2.75, 3.05) is 18.9 Å². The minimum Gasteiger partial charge on any atom is -0.325 e. The van der Waals surface area contributed by atoms with E-state index in [1.807, 2.05) is 7.05 Å². The second kappa shape index (κ2) is 7.62. The van der Waals surface area contributed by atoms with Crippen molar-refractivity contribution < 1.29 is 9.59 Å². The number of carbonyl (C=O) groups is 2. The van der Waals surface area contributed by atoms with Gasteiger partial charge in [-0.05, 0) is 56.5 Å². The Kier molecular flexibility index (Phi) is 5.29. The fourth-order valence-corrected chi connectivity index (χ4v) is 3.54. The van der Waals surface area contributed by atoms with Gasteiger partial charge in [-0.15, -0.1) is 0 Å². The summed E-state index contributed by atoms with van der Waals surface area (Å²) in [5, 5.41) is 2.90. The van der Waals surface area contributed by atoms with Crippen LogP contribution in [0.1, 0.15) is 47.3 Å². The van der Waals surface area contributed by atoms with E-state index in [4.69, 9.17) is 0 Å². The minimum atomic E-state index is -0.0637. The fraction of sp³-hybridized carbons (Fsp3) is 0.333. The molecule has 1 aliphatic rings. The summed E-state index contributed by atoms with van der Waals surface area (Å²) < 4.78 is 0. The fourth-order valence-electron chi connectivity index (χ4n) is 3.54. The third-order valence-corrected chi connectivity index (χ3v) is 4.82. The maximum atomic E-state index is 12.4. The van der Waals surface area contributed by atoms with Crippen LogP contribution >= 0.6 is 0 Å². The van der Waals surface area contributed by atoms with Crippen LogP contribution in [0.5, 0.6) is 0 Å². The van der Waals surface area contributed by atoms with E-state index in [0.29, 0.717) is 17.8 Å². The molecule has 1 amide bonds. The molecule has 0 saturated carbocycles. The molecule has 130 valence electrons. The summed E-state index contributed by atoms with van der Waals surface area (Å²) in [6, 6.07) is 15.8. The number of amides is 1. The van der Waals surface area contributed by atoms with Crippen molar-refractivity contribution >= 4 is 17.4 Å². The largest absolute Gasteiger partial charge is 0.325 e. The van der Waals surface area contributed by atoms with Crippen molar-refractivity contribution in [2.24, 2.45) is 0 Å². The minimum absolute atomic E-state index is 0.00738. The molecule has 0 saturated heterocycles. The van der Waals surface area contributed by atoms with Gasteiger partial charge < -0.3 is 5.32 Å². The van der Waals surface area contributed by atoms with Crippen molar-refractivity contribution in [3.05, 3.63) is 65.2 Å². The zero-order chi connectivity index (χ0) is 17.8. The van der Waals surface area contributed by atoms with E-state index < -0.39 is 0 Å². The Hall–Kier alpha value is -2.46. The maximum absolute atomic E-state index is 12.4. The van der Waals surface area contributed by atoms with E-state index in [2.05, 4.69) is 34.5 Å². The van der Waals surface area contributed by atoms with Crippen LogP contribution in [0.15, 0.2) is 48.5 Å². The highest BCUT2D eigenvalue weighted by Crippen LogP contribution is 2.33. The van der Waals surface area contributed by atoms with E-state index in [-0.39, 0.29) is 17.7 Å². The normalized spacial score (nSPS) is 16.4. The lowest BCUT2D eigenvalue weighted by molar-refractivity contribution is -0.117. The monoisotopic (exact) mass is 336 g/mol. The molecule has 2 aromatic carbocycles. The zero-order valence-corrected chi connectivity index (χ0v) is 14.8. The van der Waals surface area contributed by atoms with Crippen molar-refractivity contribution in [3.63, 3.8) is 0 Å². The Labute approximate surface area is 148 Å². The molecule has 0 unspecified atom stereocenters. The highest BCUT2D eigenvalue weighted by molar-refractivity contribution is 5.97. The van der Waals surface area contributed by atoms with Gasteiger partial charge in [-0.3, -0.25) is 14.5 Å². The maximum Gasteiger partial charge on any atom is 0.238 e. The van der Waals surface area contributed by atoms with Crippen LogP contribution in [-0.4, -0.2) is 30.2 Å². The third kappa shape index (κ3) is 4.15. The second-order valence-electron chi connectivity index (χ2n) is 6.71. The van der Waals surface area contributed by atoms with Gasteiger partial charge in [0.15, 0.2) is 5.78 Å². The molecule has 3 rings (SSSR count). The number of nitrogens with zero attached hydrogens (tertiary/aromatic N) is 1. The summed E-state index contributed by atoms with van der Waals surface area (Å²) in [5.74, 6) is -0.0710. The lowest BCUT2D eigenvalue weighted by Crippen LogP contribution is -2.34. The summed E-state index contributed by atoms with van der Waals surface area (Å²) in [6.45, 7) is 1.85. The average molecular weight is 336 g/mol. The highest BCUT2D eigenvalue weighted by Gasteiger charge is 2.24. The molecular formula is C21H24N2O2. The number of fused-ring (bicyclic) bond motifs is 1. The number of Topliss-reactive ketones (excluding diaryl/α,β-unsaturated/α-hetero) is 1. The number of nitrogens with one attached hydrogen (secondary N) is 1. The number of aryl methyl sites for hydroxylation is 1. The lowest BCUT2D eigenvalue weighted by Gasteiger charge is -2.32. The predicted octanol–water partition coefficient (Wildman–Crippen LogP) is 3.84. The predicted molar refractivity (Wildman–Crippen MR) is 99.8 cm³/mol. The molecular weight excluding hydrogens is 312 g/mol. The molecule has 0 bridgehead atoms. The number of carbonyl (C=O) groups excluding carboxylic acids is 2. The standard InChI is InChI=1S/C21H24N2O2/c1-15(24)17-9-5-10-18(13-17)22-21(25)14-23(2)20-12-6-8-16-7-3-4-11-19(16)20/h3-5,7,9-11,13,20H,6,8,12,14H2,1-2H3,(H,22,25)/t20-/m0/s1. The highest BCUT2D eigenvalue weighted by atomic mass is 16.2. The lowest BCUT2D eigenvalue weighted by atomic mass is 9.87. The van der Waals surface area contributed by atoms with Crippen LogP contribution in [-0.2, 0) is 11.2 Å². The van der Waals surface area contributed by atoms with Crippen LogP contribution in [0.2, 0.25) is 0 Å². The van der Waals surface area contributed by atoms with Crippen LogP contribution in [0.4, 0.5) is 5.69 Å². The van der Waals surface area contributed by atoms with Crippen LogP contribution in [0, 0.1) is 0 Å². The van der Waals surface area contributed by atoms with Crippen LogP contribution in [0.25, 0.3) is 0 Å². The van der Waals surface area contributed by atoms with Gasteiger partial charge in [0.05, 0.1) is 6.54 Å². The van der Waals surface area contributed by atoms with Gasteiger partial charge >= 0.3 is 0 Å². The molecule has 0 aliphatic heterocycles. The van der Waals surface area contributed by atoms with E-state index in [9.17, 15) is 9.59 Å². The van der Waals surface area contributed by atoms with Gasteiger partial charge in [0.2, 0.25) is 5.91 Å². The van der Waals surface area contributed by atoms with Gasteiger partial charge in [0.25, 0.3) is 0 Å². The molecule has 0 spiro atoms. The molecule has 0 aromatic heterocycles. The Morgan fingerprint density at radius 1 is 1.16 bits per heavy atom. The average Bonchev–Trinajstić information content (AvgIpc) is 2.61. The Morgan fingerprint density at radius 3 is 2.76 bits per heavy atom. The summed E-state index contributed by atoms with van der Waals surface area (Å²) in [5.41, 5.74) is 3.99. The molecule has 1 aliphatic carbocycles. The smallest absolute Gasteiger partial charge is 0.238 e. The van der Waals surface area contributed by atoms with Gasteiger partial charge in [-0.2, -0.15) is 0 Å². The summed E-state index contributed by atoms with van der Waals surface area (Å²) in [6.07, 6.45) is 3.33. The number of hydrogen-bond acceptors (Lipinski definition) is 3. The molecule has 0 heterocycles. The summed E-state index contributed by atoms with van der Waals surface area (Å²) >= 11 is 0. The van der Waals surface area contributed by atoms with Gasteiger partial charge in [0.1, 0.15) is 0 Å². The first-order chi connectivity index (χ1) is 12.0. The van der Waals surface area contributed by atoms with Gasteiger partial charge in [-0.25, -0.2) is 0 Å². The van der Waals surface area contributed by atoms with E-state index in [0.717, 1.165) is 19.3 Å². The molecule has 25 heavy (non-hydrogen) atoms. The number of benzene rings is 2. The number of likely N-dealkylation sites (N-methyl/N-ethyl adjacent to an activating group) is 1. The van der Waals surface area contributed by atoms with E-state index in [1.165, 1.54) is 18.1 Å². The Bertz CT molecular complexity index is 785. The SMILES string of the molecule is CC(=O)c1cccc(NC(=O)CN(C)[C@H]2CCCc3ccccc32)c1. The van der Waals surface area contributed by atoms with Crippen molar-refractivity contribution in [1.82, 2.24) is 4.90 Å². The second-order valence-corrected chi connectivity index (χ2v) is 6.71. The molecule has 2 aromatic rings. The van der Waals surface area contributed by atoms with Crippen molar-refractivity contribution in [3.8, 4) is 0 Å². The third-order valence-electron chi connectivity index (χ3n) is 4.82. The number of anilines is 1. The van der Waals surface area contributed by atoms with Gasteiger partial charge in [-0.1, -0.05) is 36.4 Å². The van der Waals surface area contributed by atoms with E-state index in [1.54, 1.807) is 24.3 Å². The molecule has 1 atom stereocenters. The van der Waals surface area contributed by atoms with Crippen LogP contribution in [0.3, 0.4) is 0 Å². The van der Waals surface area contributed by atoms with Gasteiger partial charge in [0, 0.05) is 17.3 Å². The first-order valence-electron chi connectivity index (χ1n) is 8.73. The van der Waals surface area contributed by atoms with E-state index >= 15 is 0 Å². The Morgan fingerprint density at radius 2 is 1.96 bits per heavy atom. The molecule has 0 fully saturated rings. The Balaban J connectivity index is 1.65. The molecule has 1 N–H and O–H groups in total. The summed E-state index contributed by atoms with van der Waals surface area (Å²) in [4.78, 5) is 26.0. The van der Waals surface area contributed by atoms with Crippen molar-refractivity contribution in [2.45, 2.75) is 32.2 Å². The molecule has 4 nitrogen and oxygen atoms in total. The first-order valence-corrected chi connectivity index (χ1v) is 8.73.